The fraction of sp³-hybridized carbons (Fsp3) is 0.348. The number of anilines is 1. The molecule has 0 radical (unpaired) electrons. The minimum Gasteiger partial charge on any atom is -0.493 e. The molecule has 2 saturated heterocycles. The summed E-state index contributed by atoms with van der Waals surface area (Å²) in [6.45, 7) is 3.80. The minimum atomic E-state index is -1.39. The number of carbonyl (C=O) groups excluding carboxylic acids is 3. The number of halogens is 2. The summed E-state index contributed by atoms with van der Waals surface area (Å²) in [5, 5.41) is 0. The van der Waals surface area contributed by atoms with Crippen molar-refractivity contribution in [1.29, 1.82) is 0 Å². The molecule has 3 heterocycles. The molecule has 166 valence electrons. The van der Waals surface area contributed by atoms with Gasteiger partial charge in [0.25, 0.3) is 5.91 Å². The lowest BCUT2D eigenvalue weighted by Crippen LogP contribution is -2.51. The molecule has 2 fully saturated rings. The molecule has 0 unspecified atom stereocenters. The van der Waals surface area contributed by atoms with Crippen LogP contribution in [0.1, 0.15) is 25.5 Å². The van der Waals surface area contributed by atoms with Crippen molar-refractivity contribution >= 4 is 55.5 Å². The number of benzene rings is 2. The smallest absolute Gasteiger partial charge is 0.332 e. The Balaban J connectivity index is 1.69. The summed E-state index contributed by atoms with van der Waals surface area (Å²) >= 11 is 6.87. The number of imide groups is 1. The summed E-state index contributed by atoms with van der Waals surface area (Å²) in [4.78, 5) is 43.5. The third-order valence-electron chi connectivity index (χ3n) is 6.60. The zero-order chi connectivity index (χ0) is 22.8. The molecule has 2 aromatic carbocycles. The second kappa shape index (κ2) is 7.59. The average molecular weight is 564 g/mol. The molecule has 0 aliphatic carbocycles. The third kappa shape index (κ3) is 2.86. The molecule has 0 saturated carbocycles. The Labute approximate surface area is 201 Å². The van der Waals surface area contributed by atoms with Crippen LogP contribution in [0.5, 0.6) is 5.75 Å². The quantitative estimate of drug-likeness (QED) is 0.400. The van der Waals surface area contributed by atoms with E-state index < -0.39 is 41.3 Å². The summed E-state index contributed by atoms with van der Waals surface area (Å²) < 4.78 is 13.0. The summed E-state index contributed by atoms with van der Waals surface area (Å²) in [6, 6.07) is 11.6. The van der Waals surface area contributed by atoms with E-state index in [0.29, 0.717) is 11.4 Å². The van der Waals surface area contributed by atoms with Crippen LogP contribution in [0, 0.1) is 11.8 Å². The first-order valence-corrected chi connectivity index (χ1v) is 11.9. The van der Waals surface area contributed by atoms with E-state index in [4.69, 9.17) is 9.47 Å². The zero-order valence-corrected chi connectivity index (χ0v) is 20.6. The third-order valence-corrected chi connectivity index (χ3v) is 7.62. The average Bonchev–Trinajstić information content (AvgIpc) is 3.14. The Kier molecular flexibility index (Phi) is 5.09. The molecule has 3 aliphatic heterocycles. The van der Waals surface area contributed by atoms with E-state index in [9.17, 15) is 14.4 Å². The highest BCUT2D eigenvalue weighted by atomic mass is 79.9. The van der Waals surface area contributed by atoms with E-state index in [-0.39, 0.29) is 13.2 Å². The topological polar surface area (TPSA) is 76.2 Å². The number of nitrogens with zero attached hydrogens (tertiary/aromatic N) is 2. The lowest BCUT2D eigenvalue weighted by atomic mass is 9.77. The normalized spacial score (nSPS) is 28.2. The second-order valence-electron chi connectivity index (χ2n) is 8.25. The summed E-state index contributed by atoms with van der Waals surface area (Å²) in [5.41, 5.74) is -0.161. The van der Waals surface area contributed by atoms with Gasteiger partial charge in [0, 0.05) is 20.4 Å². The monoisotopic (exact) mass is 562 g/mol. The van der Waals surface area contributed by atoms with Crippen LogP contribution in [0.25, 0.3) is 0 Å². The number of rotatable bonds is 3. The molecule has 5 rings (SSSR count). The van der Waals surface area contributed by atoms with Crippen molar-refractivity contribution in [1.82, 2.24) is 4.90 Å². The van der Waals surface area contributed by atoms with E-state index in [1.54, 1.807) is 43.0 Å². The van der Waals surface area contributed by atoms with Crippen molar-refractivity contribution in [3.63, 3.8) is 0 Å². The Morgan fingerprint density at radius 2 is 1.84 bits per heavy atom. The van der Waals surface area contributed by atoms with Gasteiger partial charge in [-0.15, -0.1) is 0 Å². The van der Waals surface area contributed by atoms with Crippen LogP contribution in [0.2, 0.25) is 0 Å². The standard InChI is InChI=1S/C23H20Br2N2O5/c1-3-31-20(28)18-16-11-32-17-9-6-13(25)10-15(17)19(16)27-22(30)26(21(29)23(18,27)2)14-7-4-12(24)5-8-14/h4-10,16,18-19H,3,11H2,1-2H3/t16-,18+,19+,23-/m1/s1. The Hall–Kier alpha value is -2.39. The van der Waals surface area contributed by atoms with Crippen LogP contribution in [-0.4, -0.2) is 41.6 Å². The van der Waals surface area contributed by atoms with Gasteiger partial charge in [0.15, 0.2) is 0 Å². The van der Waals surface area contributed by atoms with Gasteiger partial charge in [-0.05, 0) is 56.3 Å². The van der Waals surface area contributed by atoms with Crippen molar-refractivity contribution < 1.29 is 23.9 Å². The highest BCUT2D eigenvalue weighted by molar-refractivity contribution is 9.10. The largest absolute Gasteiger partial charge is 0.493 e. The Morgan fingerprint density at radius 3 is 2.53 bits per heavy atom. The maximum Gasteiger partial charge on any atom is 0.332 e. The maximum absolute atomic E-state index is 13.8. The predicted molar refractivity (Wildman–Crippen MR) is 123 cm³/mol. The van der Waals surface area contributed by atoms with E-state index in [1.165, 1.54) is 4.90 Å². The highest BCUT2D eigenvalue weighted by Gasteiger charge is 2.72. The molecule has 3 amide bonds. The molecular weight excluding hydrogens is 544 g/mol. The van der Waals surface area contributed by atoms with E-state index in [1.807, 2.05) is 18.2 Å². The fourth-order valence-electron chi connectivity index (χ4n) is 5.28. The van der Waals surface area contributed by atoms with Gasteiger partial charge in [0.05, 0.1) is 30.9 Å². The number of amides is 3. The van der Waals surface area contributed by atoms with E-state index >= 15 is 0 Å². The van der Waals surface area contributed by atoms with Gasteiger partial charge in [-0.1, -0.05) is 31.9 Å². The van der Waals surface area contributed by atoms with E-state index in [2.05, 4.69) is 31.9 Å². The molecule has 0 bridgehead atoms. The van der Waals surface area contributed by atoms with Gasteiger partial charge in [0.2, 0.25) is 0 Å². The molecule has 0 spiro atoms. The maximum atomic E-state index is 13.8. The molecule has 9 heteroatoms. The van der Waals surface area contributed by atoms with Crippen molar-refractivity contribution in [2.45, 2.75) is 25.4 Å². The second-order valence-corrected chi connectivity index (χ2v) is 10.1. The van der Waals surface area contributed by atoms with Gasteiger partial charge < -0.3 is 14.4 Å². The lowest BCUT2D eigenvalue weighted by Gasteiger charge is -2.34. The number of carbonyl (C=O) groups is 3. The van der Waals surface area contributed by atoms with Crippen LogP contribution in [-0.2, 0) is 14.3 Å². The van der Waals surface area contributed by atoms with Crippen LogP contribution < -0.4 is 9.64 Å². The fourth-order valence-corrected chi connectivity index (χ4v) is 5.93. The zero-order valence-electron chi connectivity index (χ0n) is 17.4. The summed E-state index contributed by atoms with van der Waals surface area (Å²) in [7, 11) is 0. The predicted octanol–water partition coefficient (Wildman–Crippen LogP) is 4.68. The van der Waals surface area contributed by atoms with Gasteiger partial charge >= 0.3 is 12.0 Å². The molecule has 3 aliphatic rings. The van der Waals surface area contributed by atoms with Crippen molar-refractivity contribution in [3.05, 3.63) is 57.0 Å². The molecular formula is C23H20Br2N2O5. The number of esters is 1. The van der Waals surface area contributed by atoms with Crippen LogP contribution in [0.4, 0.5) is 10.5 Å². The van der Waals surface area contributed by atoms with Crippen LogP contribution in [0.3, 0.4) is 0 Å². The number of hydrogen-bond donors (Lipinski definition) is 0. The summed E-state index contributed by atoms with van der Waals surface area (Å²) in [6.07, 6.45) is 0. The van der Waals surface area contributed by atoms with Crippen LogP contribution in [0.15, 0.2) is 51.4 Å². The Morgan fingerprint density at radius 1 is 1.16 bits per heavy atom. The number of ether oxygens (including phenoxy) is 2. The van der Waals surface area contributed by atoms with Crippen molar-refractivity contribution in [3.8, 4) is 5.75 Å². The van der Waals surface area contributed by atoms with Crippen molar-refractivity contribution in [2.75, 3.05) is 18.1 Å². The first-order valence-electron chi connectivity index (χ1n) is 10.3. The van der Waals surface area contributed by atoms with Gasteiger partial charge in [-0.2, -0.15) is 0 Å². The minimum absolute atomic E-state index is 0.185. The molecule has 7 nitrogen and oxygen atoms in total. The molecule has 4 atom stereocenters. The first kappa shape index (κ1) is 21.5. The molecule has 0 aromatic heterocycles. The number of fused-ring (bicyclic) bond motifs is 5. The molecule has 0 N–H and O–H groups in total. The highest BCUT2D eigenvalue weighted by Crippen LogP contribution is 2.58. The first-order chi connectivity index (χ1) is 15.3. The molecule has 2 aromatic rings. The number of urea groups is 1. The summed E-state index contributed by atoms with van der Waals surface area (Å²) in [5.74, 6) is -1.54. The van der Waals surface area contributed by atoms with Gasteiger partial charge in [-0.25, -0.2) is 9.69 Å². The number of hydrogen-bond acceptors (Lipinski definition) is 5. The van der Waals surface area contributed by atoms with E-state index in [0.717, 1.165) is 14.5 Å². The SMILES string of the molecule is CCOC(=O)[C@@H]1[C@H]2COc3ccc(Br)cc3[C@@H]2N2C(=O)N(c3ccc(Br)cc3)C(=O)[C@@]12C. The molecule has 32 heavy (non-hydrogen) atoms. The van der Waals surface area contributed by atoms with Gasteiger partial charge in [0.1, 0.15) is 11.3 Å². The van der Waals surface area contributed by atoms with Crippen molar-refractivity contribution in [2.24, 2.45) is 11.8 Å². The van der Waals surface area contributed by atoms with Gasteiger partial charge in [-0.3, -0.25) is 9.59 Å². The van der Waals surface area contributed by atoms with Crippen LogP contribution >= 0.6 is 31.9 Å². The Bertz CT molecular complexity index is 1140. The lowest BCUT2D eigenvalue weighted by molar-refractivity contribution is -0.154.